The summed E-state index contributed by atoms with van der Waals surface area (Å²) in [7, 11) is 3.97. The minimum Gasteiger partial charge on any atom is -0.458 e. The molecular weight excluding hydrogens is 644 g/mol. The maximum Gasteiger partial charge on any atom is 0.329 e. The predicted octanol–water partition coefficient (Wildman–Crippen LogP) is 5.43. The number of nitrogens with two attached hydrogens (primary N) is 1. The van der Waals surface area contributed by atoms with E-state index in [4.69, 9.17) is 15.5 Å². The number of aromatic nitrogens is 3. The molecule has 0 aliphatic heterocycles. The third-order valence-electron chi connectivity index (χ3n) is 8.83. The highest BCUT2D eigenvalue weighted by molar-refractivity contribution is 5.91. The summed E-state index contributed by atoms with van der Waals surface area (Å²) in [6, 6.07) is 16.4. The number of likely N-dealkylation sites (N-methyl/N-ethyl adjacent to an activating group) is 1. The number of amides is 3. The Balaban J connectivity index is 0.00000729. The second-order valence-corrected chi connectivity index (χ2v) is 14.9. The van der Waals surface area contributed by atoms with E-state index >= 15 is 0 Å². The number of hydrogen-bond donors (Lipinski definition) is 5. The average molecular weight is 703 g/mol. The Morgan fingerprint density at radius 3 is 2.35 bits per heavy atom. The predicted molar refractivity (Wildman–Crippen MR) is 203 cm³/mol. The van der Waals surface area contributed by atoms with Crippen molar-refractivity contribution in [2.24, 2.45) is 5.73 Å². The van der Waals surface area contributed by atoms with Crippen LogP contribution in [0.5, 0.6) is 0 Å². The second-order valence-electron chi connectivity index (χ2n) is 14.9. The van der Waals surface area contributed by atoms with Gasteiger partial charge < -0.3 is 40.9 Å². The molecule has 2 aromatic heterocycles. The molecule has 2 heterocycles. The van der Waals surface area contributed by atoms with Gasteiger partial charge in [0, 0.05) is 56.5 Å². The van der Waals surface area contributed by atoms with E-state index in [1.165, 1.54) is 0 Å². The molecule has 4 rings (SSSR count). The van der Waals surface area contributed by atoms with E-state index in [9.17, 15) is 14.4 Å². The number of urea groups is 1. The molecule has 12 nitrogen and oxygen atoms in total. The van der Waals surface area contributed by atoms with Gasteiger partial charge in [-0.1, -0.05) is 48.5 Å². The van der Waals surface area contributed by atoms with E-state index < -0.39 is 29.1 Å². The number of carbonyl (C=O) groups excluding carboxylic acids is 3. The third-order valence-corrected chi connectivity index (χ3v) is 8.83. The number of nitrogens with zero attached hydrogens (tertiary/aromatic N) is 3. The Labute approximate surface area is 303 Å². The second kappa shape index (κ2) is 17.5. The number of nitrogens with one attached hydrogen (secondary N) is 4. The molecule has 3 amide bonds. The number of ether oxygens (including phenoxy) is 1. The summed E-state index contributed by atoms with van der Waals surface area (Å²) in [5, 5.41) is 7.26. The van der Waals surface area contributed by atoms with Gasteiger partial charge in [-0.05, 0) is 91.7 Å². The fourth-order valence-corrected chi connectivity index (χ4v) is 5.76. The zero-order valence-corrected chi connectivity index (χ0v) is 31.2. The number of imidazole rings is 1. The maximum atomic E-state index is 14.1. The van der Waals surface area contributed by atoms with E-state index in [0.29, 0.717) is 57.0 Å². The lowest BCUT2D eigenvalue weighted by Gasteiger charge is -2.28. The Bertz CT molecular complexity index is 1730. The molecule has 278 valence electrons. The fraction of sp³-hybridized carbons (Fsp3) is 0.487. The van der Waals surface area contributed by atoms with Crippen molar-refractivity contribution in [2.75, 3.05) is 33.7 Å². The first kappa shape index (κ1) is 39.1. The number of carbonyl (C=O) groups is 3. The van der Waals surface area contributed by atoms with Crippen molar-refractivity contribution in [3.05, 3.63) is 89.6 Å². The molecule has 51 heavy (non-hydrogen) atoms. The van der Waals surface area contributed by atoms with Crippen molar-refractivity contribution in [3.8, 4) is 0 Å². The SMILES string of the molecule is CN(C)CCN(Cc1ccccc1)C(=O)N[C@H](Cc1c[nH]c2ccccc12)c1ncc(C(C)(C)C(=O)N[C@H](CCCCN)C(=O)OC(C)(C)C)[nH]1.[HH]. The summed E-state index contributed by atoms with van der Waals surface area (Å²) in [6.45, 7) is 11.1. The van der Waals surface area contributed by atoms with E-state index in [2.05, 4.69) is 26.7 Å². The molecule has 0 aliphatic rings. The highest BCUT2D eigenvalue weighted by Gasteiger charge is 2.36. The first-order chi connectivity index (χ1) is 24.2. The molecule has 0 fully saturated rings. The van der Waals surface area contributed by atoms with Crippen molar-refractivity contribution in [2.45, 2.75) is 89.9 Å². The van der Waals surface area contributed by atoms with Crippen molar-refractivity contribution in [1.29, 1.82) is 0 Å². The van der Waals surface area contributed by atoms with Crippen LogP contribution in [0.15, 0.2) is 67.0 Å². The number of benzene rings is 2. The quantitative estimate of drug-likeness (QED) is 0.0725. The smallest absolute Gasteiger partial charge is 0.329 e. The van der Waals surface area contributed by atoms with Gasteiger partial charge >= 0.3 is 12.0 Å². The molecule has 12 heteroatoms. The number of aromatic amines is 2. The summed E-state index contributed by atoms with van der Waals surface area (Å²) in [4.78, 5) is 56.3. The van der Waals surface area contributed by atoms with Gasteiger partial charge in [0.25, 0.3) is 0 Å². The number of unbranched alkanes of at least 4 members (excludes halogenated alkanes) is 1. The van der Waals surface area contributed by atoms with Gasteiger partial charge in [-0.3, -0.25) is 4.79 Å². The van der Waals surface area contributed by atoms with Crippen LogP contribution >= 0.6 is 0 Å². The lowest BCUT2D eigenvalue weighted by Crippen LogP contribution is -2.50. The minimum absolute atomic E-state index is 0. The monoisotopic (exact) mass is 702 g/mol. The molecule has 0 bridgehead atoms. The average Bonchev–Trinajstić information content (AvgIpc) is 3.74. The molecule has 2 atom stereocenters. The molecule has 0 aliphatic carbocycles. The summed E-state index contributed by atoms with van der Waals surface area (Å²) in [5.41, 5.74) is 7.49. The van der Waals surface area contributed by atoms with Gasteiger partial charge in [0.05, 0.1) is 11.5 Å². The van der Waals surface area contributed by atoms with Crippen LogP contribution in [0.4, 0.5) is 4.79 Å². The van der Waals surface area contributed by atoms with Gasteiger partial charge in [-0.2, -0.15) is 0 Å². The van der Waals surface area contributed by atoms with Crippen LogP contribution in [-0.2, 0) is 32.7 Å². The standard InChI is InChI=1S/C39H56N8O4.H2/c1-38(2,3)51-35(48)31(19-13-14-20-40)43-36(49)39(4,5)33-25-42-34(45-33)32(23-28-24-41-30-18-12-11-17-29(28)30)44-37(50)47(22-21-46(6)7)26-27-15-9-8-10-16-27;/h8-12,15-18,24-25,31-32,41H,13-14,19-23,26,40H2,1-7H3,(H,42,45)(H,43,49)(H,44,50);1H/t31-,32-;/m1./s1. The minimum atomic E-state index is -1.10. The van der Waals surface area contributed by atoms with E-state index in [1.807, 2.05) is 73.7 Å². The van der Waals surface area contributed by atoms with Crippen LogP contribution in [0.25, 0.3) is 10.9 Å². The third kappa shape index (κ3) is 11.2. The maximum absolute atomic E-state index is 14.1. The van der Waals surface area contributed by atoms with Crippen molar-refractivity contribution in [3.63, 3.8) is 0 Å². The first-order valence-electron chi connectivity index (χ1n) is 17.8. The summed E-state index contributed by atoms with van der Waals surface area (Å²) in [6.07, 6.45) is 5.84. The number of esters is 1. The highest BCUT2D eigenvalue weighted by atomic mass is 16.6. The van der Waals surface area contributed by atoms with Crippen LogP contribution in [0, 0.1) is 0 Å². The highest BCUT2D eigenvalue weighted by Crippen LogP contribution is 2.28. The molecule has 0 radical (unpaired) electrons. The van der Waals surface area contributed by atoms with E-state index in [1.54, 1.807) is 45.7 Å². The van der Waals surface area contributed by atoms with E-state index in [-0.39, 0.29) is 13.4 Å². The molecule has 0 unspecified atom stereocenters. The number of H-pyrrole nitrogens is 2. The Morgan fingerprint density at radius 1 is 0.961 bits per heavy atom. The van der Waals surface area contributed by atoms with E-state index in [0.717, 1.165) is 28.5 Å². The first-order valence-corrected chi connectivity index (χ1v) is 17.8. The van der Waals surface area contributed by atoms with Gasteiger partial charge in [-0.15, -0.1) is 0 Å². The van der Waals surface area contributed by atoms with Gasteiger partial charge in [0.2, 0.25) is 5.91 Å². The van der Waals surface area contributed by atoms with Crippen LogP contribution < -0.4 is 16.4 Å². The topological polar surface area (TPSA) is 161 Å². The number of hydrogen-bond acceptors (Lipinski definition) is 7. The normalized spacial score (nSPS) is 13.2. The molecule has 0 spiro atoms. The van der Waals surface area contributed by atoms with Crippen LogP contribution in [0.3, 0.4) is 0 Å². The summed E-state index contributed by atoms with van der Waals surface area (Å²) in [5.74, 6) is -0.315. The molecule has 0 saturated carbocycles. The zero-order chi connectivity index (χ0) is 37.2. The van der Waals surface area contributed by atoms with Crippen molar-refractivity contribution >= 4 is 28.8 Å². The fourth-order valence-electron chi connectivity index (χ4n) is 5.76. The molecule has 6 N–H and O–H groups in total. The number of para-hydroxylation sites is 1. The van der Waals surface area contributed by atoms with Gasteiger partial charge in [0.1, 0.15) is 17.5 Å². The summed E-state index contributed by atoms with van der Waals surface area (Å²) < 4.78 is 5.64. The van der Waals surface area contributed by atoms with Crippen molar-refractivity contribution < 1.29 is 20.5 Å². The number of fused-ring (bicyclic) bond motifs is 1. The van der Waals surface area contributed by atoms with Crippen LogP contribution in [-0.4, -0.2) is 88.0 Å². The molecule has 4 aromatic rings. The summed E-state index contributed by atoms with van der Waals surface area (Å²) >= 11 is 0. The van der Waals surface area contributed by atoms with Crippen LogP contribution in [0.1, 0.15) is 84.0 Å². The van der Waals surface area contributed by atoms with Crippen LogP contribution in [0.2, 0.25) is 0 Å². The molecular formula is C39H58N8O4. The molecule has 2 aromatic carbocycles. The largest absolute Gasteiger partial charge is 0.458 e. The van der Waals surface area contributed by atoms with Crippen molar-refractivity contribution in [1.82, 2.24) is 35.4 Å². The Morgan fingerprint density at radius 2 is 1.67 bits per heavy atom. The Hall–Kier alpha value is -4.68. The van der Waals surface area contributed by atoms with Gasteiger partial charge in [0.15, 0.2) is 0 Å². The molecule has 0 saturated heterocycles. The lowest BCUT2D eigenvalue weighted by atomic mass is 9.88. The van der Waals surface area contributed by atoms with Gasteiger partial charge in [-0.25, -0.2) is 14.6 Å². The number of rotatable bonds is 17. The Kier molecular flexibility index (Phi) is 13.4. The lowest BCUT2D eigenvalue weighted by molar-refractivity contribution is -0.159. The zero-order valence-electron chi connectivity index (χ0n) is 31.2.